The second kappa shape index (κ2) is 4.37. The molecule has 104 valence electrons. The van der Waals surface area contributed by atoms with Crippen molar-refractivity contribution in [2.75, 3.05) is 0 Å². The van der Waals surface area contributed by atoms with Crippen LogP contribution in [0.4, 0.5) is 4.79 Å². The summed E-state index contributed by atoms with van der Waals surface area (Å²) in [6, 6.07) is 0. The highest BCUT2D eigenvalue weighted by molar-refractivity contribution is 5.75. The minimum atomic E-state index is -0.496. The molecule has 1 aromatic heterocycles. The van der Waals surface area contributed by atoms with Crippen LogP contribution >= 0.6 is 0 Å². The summed E-state index contributed by atoms with van der Waals surface area (Å²) < 4.78 is 5.36. The molecule has 3 rings (SSSR count). The number of aromatic nitrogens is 2. The normalized spacial score (nSPS) is 17.1. The number of hydrogen-bond acceptors (Lipinski definition) is 3. The Morgan fingerprint density at radius 2 is 2.25 bits per heavy atom. The first-order valence-electron chi connectivity index (χ1n) is 6.57. The van der Waals surface area contributed by atoms with Crippen LogP contribution in [0.3, 0.4) is 0 Å². The highest BCUT2D eigenvalue weighted by atomic mass is 16.6. The second-order valence-corrected chi connectivity index (χ2v) is 5.94. The smallest absolute Gasteiger partial charge is 0.418 e. The van der Waals surface area contributed by atoms with Gasteiger partial charge >= 0.3 is 6.09 Å². The fourth-order valence-corrected chi connectivity index (χ4v) is 2.22. The van der Waals surface area contributed by atoms with Gasteiger partial charge in [-0.2, -0.15) is 5.10 Å². The zero-order chi connectivity index (χ0) is 14.3. The van der Waals surface area contributed by atoms with Gasteiger partial charge in [0, 0.05) is 24.4 Å². The molecule has 0 saturated heterocycles. The Balaban J connectivity index is 1.83. The summed E-state index contributed by atoms with van der Waals surface area (Å²) in [5.41, 5.74) is 3.87. The maximum absolute atomic E-state index is 12.1. The summed E-state index contributed by atoms with van der Waals surface area (Å²) in [4.78, 5) is 13.5. The fourth-order valence-electron chi connectivity index (χ4n) is 2.22. The van der Waals surface area contributed by atoms with Gasteiger partial charge in [0.15, 0.2) is 0 Å². The first kappa shape index (κ1) is 12.7. The molecule has 5 nitrogen and oxygen atoms in total. The molecule has 1 aliphatic carbocycles. The average molecular weight is 271 g/mol. The molecule has 0 radical (unpaired) electrons. The lowest BCUT2D eigenvalue weighted by molar-refractivity contribution is 0.0397. The summed E-state index contributed by atoms with van der Waals surface area (Å²) >= 11 is 0. The van der Waals surface area contributed by atoms with E-state index in [9.17, 15) is 4.79 Å². The van der Waals surface area contributed by atoms with Gasteiger partial charge in [0.05, 0.1) is 11.9 Å². The van der Waals surface area contributed by atoms with Crippen LogP contribution in [0.15, 0.2) is 35.8 Å². The zero-order valence-electron chi connectivity index (χ0n) is 11.8. The molecule has 0 spiro atoms. The Kier molecular flexibility index (Phi) is 2.78. The van der Waals surface area contributed by atoms with E-state index in [-0.39, 0.29) is 6.09 Å². The van der Waals surface area contributed by atoms with Gasteiger partial charge in [-0.25, -0.2) is 4.79 Å². The standard InChI is InChI=1S/C15H17N3O2/c1-15(2,3)20-14(19)18-5-4-10-7-13-11(8-16-17-13)6-12(10)9-18/h4-5,7-9H,6H2,1-3H3,(H,16,17). The molecular weight excluding hydrogens is 254 g/mol. The third kappa shape index (κ3) is 2.39. The Bertz CT molecular complexity index is 644. The van der Waals surface area contributed by atoms with E-state index in [1.165, 1.54) is 4.90 Å². The van der Waals surface area contributed by atoms with Crippen molar-refractivity contribution in [2.45, 2.75) is 32.8 Å². The molecule has 0 fully saturated rings. The third-order valence-electron chi connectivity index (χ3n) is 3.12. The molecule has 0 atom stereocenters. The predicted octanol–water partition coefficient (Wildman–Crippen LogP) is 3.00. The van der Waals surface area contributed by atoms with Crippen molar-refractivity contribution in [3.63, 3.8) is 0 Å². The maximum atomic E-state index is 12.1. The number of rotatable bonds is 0. The molecule has 5 heteroatoms. The number of carbonyl (C=O) groups is 1. The number of carbonyl (C=O) groups excluding carboxylic acids is 1. The summed E-state index contributed by atoms with van der Waals surface area (Å²) in [7, 11) is 0. The summed E-state index contributed by atoms with van der Waals surface area (Å²) in [5.74, 6) is 0. The molecule has 20 heavy (non-hydrogen) atoms. The number of allylic oxidation sites excluding steroid dienone is 3. The average Bonchev–Trinajstić information content (AvgIpc) is 2.80. The fraction of sp³-hybridized carbons (Fsp3) is 0.333. The van der Waals surface area contributed by atoms with Gasteiger partial charge in [0.25, 0.3) is 0 Å². The lowest BCUT2D eigenvalue weighted by Gasteiger charge is -2.27. The molecule has 0 unspecified atom stereocenters. The molecule has 1 aliphatic heterocycles. The number of fused-ring (bicyclic) bond motifs is 2. The lowest BCUT2D eigenvalue weighted by Crippen LogP contribution is -2.32. The number of H-pyrrole nitrogens is 1. The van der Waals surface area contributed by atoms with E-state index >= 15 is 0 Å². The molecule has 1 aromatic rings. The summed E-state index contributed by atoms with van der Waals surface area (Å²) in [5, 5.41) is 7.00. The molecule has 0 saturated carbocycles. The molecule has 0 aromatic carbocycles. The second-order valence-electron chi connectivity index (χ2n) is 5.94. The van der Waals surface area contributed by atoms with Crippen LogP contribution in [0, 0.1) is 0 Å². The van der Waals surface area contributed by atoms with Crippen molar-refractivity contribution in [3.8, 4) is 0 Å². The Labute approximate surface area is 117 Å². The van der Waals surface area contributed by atoms with Gasteiger partial charge in [-0.3, -0.25) is 10.00 Å². The highest BCUT2D eigenvalue weighted by Crippen LogP contribution is 2.30. The number of nitrogens with zero attached hydrogens (tertiary/aromatic N) is 2. The number of nitrogens with one attached hydrogen (secondary N) is 1. The topological polar surface area (TPSA) is 58.2 Å². The largest absolute Gasteiger partial charge is 0.443 e. The van der Waals surface area contributed by atoms with Crippen LogP contribution in [0.25, 0.3) is 6.08 Å². The lowest BCUT2D eigenvalue weighted by atomic mass is 9.91. The van der Waals surface area contributed by atoms with E-state index in [1.54, 1.807) is 6.20 Å². The van der Waals surface area contributed by atoms with Gasteiger partial charge in [-0.15, -0.1) is 0 Å². The van der Waals surface area contributed by atoms with Gasteiger partial charge in [0.1, 0.15) is 5.60 Å². The van der Waals surface area contributed by atoms with Crippen LogP contribution in [-0.4, -0.2) is 26.8 Å². The molecular formula is C15H17N3O2. The minimum absolute atomic E-state index is 0.363. The van der Waals surface area contributed by atoms with Gasteiger partial charge < -0.3 is 4.74 Å². The highest BCUT2D eigenvalue weighted by Gasteiger charge is 2.24. The van der Waals surface area contributed by atoms with Gasteiger partial charge in [-0.05, 0) is 44.1 Å². The van der Waals surface area contributed by atoms with Crippen LogP contribution in [0.2, 0.25) is 0 Å². The molecule has 0 bridgehead atoms. The van der Waals surface area contributed by atoms with Crippen molar-refractivity contribution < 1.29 is 9.53 Å². The van der Waals surface area contributed by atoms with Crippen molar-refractivity contribution >= 4 is 12.2 Å². The molecule has 1 N–H and O–H groups in total. The quantitative estimate of drug-likeness (QED) is 0.789. The molecule has 2 aliphatic rings. The first-order valence-corrected chi connectivity index (χ1v) is 6.57. The van der Waals surface area contributed by atoms with E-state index in [1.807, 2.05) is 45.3 Å². The first-order chi connectivity index (χ1) is 9.42. The van der Waals surface area contributed by atoms with Crippen LogP contribution in [-0.2, 0) is 11.2 Å². The third-order valence-corrected chi connectivity index (χ3v) is 3.12. The van der Waals surface area contributed by atoms with E-state index in [2.05, 4.69) is 10.2 Å². The summed E-state index contributed by atoms with van der Waals surface area (Å²) in [6.45, 7) is 5.57. The number of ether oxygens (including phenoxy) is 1. The Hall–Kier alpha value is -2.30. The van der Waals surface area contributed by atoms with E-state index in [0.717, 1.165) is 28.8 Å². The van der Waals surface area contributed by atoms with Crippen LogP contribution in [0.5, 0.6) is 0 Å². The number of aromatic amines is 1. The molecule has 2 heterocycles. The minimum Gasteiger partial charge on any atom is -0.443 e. The van der Waals surface area contributed by atoms with E-state index < -0.39 is 5.60 Å². The van der Waals surface area contributed by atoms with E-state index in [0.29, 0.717) is 0 Å². The van der Waals surface area contributed by atoms with Gasteiger partial charge in [-0.1, -0.05) is 0 Å². The Morgan fingerprint density at radius 1 is 1.45 bits per heavy atom. The van der Waals surface area contributed by atoms with Crippen LogP contribution in [0.1, 0.15) is 32.0 Å². The molecule has 1 amide bonds. The van der Waals surface area contributed by atoms with Crippen molar-refractivity contribution in [2.24, 2.45) is 0 Å². The van der Waals surface area contributed by atoms with Crippen molar-refractivity contribution in [1.82, 2.24) is 15.1 Å². The number of hydrogen-bond donors (Lipinski definition) is 1. The van der Waals surface area contributed by atoms with Gasteiger partial charge in [0.2, 0.25) is 0 Å². The van der Waals surface area contributed by atoms with E-state index in [4.69, 9.17) is 4.74 Å². The summed E-state index contributed by atoms with van der Waals surface area (Å²) in [6.07, 6.45) is 9.74. The predicted molar refractivity (Wildman–Crippen MR) is 75.6 cm³/mol. The monoisotopic (exact) mass is 271 g/mol. The zero-order valence-corrected chi connectivity index (χ0v) is 11.8. The van der Waals surface area contributed by atoms with Crippen molar-refractivity contribution in [1.29, 1.82) is 0 Å². The van der Waals surface area contributed by atoms with Crippen LogP contribution < -0.4 is 0 Å². The maximum Gasteiger partial charge on any atom is 0.418 e. The SMILES string of the molecule is CC(C)(C)OC(=O)N1C=CC2=Cc3[nH]ncc3CC2=C1. The van der Waals surface area contributed by atoms with Crippen molar-refractivity contribution in [3.05, 3.63) is 47.1 Å². The Morgan fingerprint density at radius 3 is 3.00 bits per heavy atom. The number of amides is 1.